The second-order valence-electron chi connectivity index (χ2n) is 6.16. The molecule has 0 spiro atoms. The molecule has 3 aromatic heterocycles. The van der Waals surface area contributed by atoms with E-state index in [4.69, 9.17) is 9.26 Å². The Bertz CT molecular complexity index is 1190. The van der Waals surface area contributed by atoms with Crippen molar-refractivity contribution in [3.05, 3.63) is 59.6 Å². The number of methoxy groups -OCH3 is 1. The van der Waals surface area contributed by atoms with Crippen LogP contribution in [-0.4, -0.2) is 37.8 Å². The summed E-state index contributed by atoms with van der Waals surface area (Å²) in [5, 5.41) is 14.8. The van der Waals surface area contributed by atoms with Crippen molar-refractivity contribution in [2.75, 3.05) is 7.11 Å². The lowest BCUT2D eigenvalue weighted by atomic mass is 10.2. The highest BCUT2D eigenvalue weighted by Gasteiger charge is 2.14. The third kappa shape index (κ3) is 3.64. The van der Waals surface area contributed by atoms with Crippen molar-refractivity contribution in [2.24, 2.45) is 0 Å². The van der Waals surface area contributed by atoms with Crippen LogP contribution in [0.5, 0.6) is 5.75 Å². The van der Waals surface area contributed by atoms with E-state index >= 15 is 0 Å². The summed E-state index contributed by atoms with van der Waals surface area (Å²) in [5.41, 5.74) is 1.47. The first-order valence-corrected chi connectivity index (χ1v) is 8.87. The molecule has 0 bridgehead atoms. The first-order chi connectivity index (χ1) is 14.1. The largest absolute Gasteiger partial charge is 0.494 e. The lowest BCUT2D eigenvalue weighted by Gasteiger charge is -2.06. The number of hydrogen-bond acceptors (Lipinski definition) is 7. The maximum atomic E-state index is 13.8. The summed E-state index contributed by atoms with van der Waals surface area (Å²) in [4.78, 5) is 16.6. The van der Waals surface area contributed by atoms with Crippen LogP contribution in [-0.2, 0) is 13.0 Å². The predicted molar refractivity (Wildman–Crippen MR) is 99.8 cm³/mol. The Morgan fingerprint density at radius 1 is 1.28 bits per heavy atom. The molecule has 9 nitrogen and oxygen atoms in total. The summed E-state index contributed by atoms with van der Waals surface area (Å²) in [5.74, 6) is 0.593. The van der Waals surface area contributed by atoms with Crippen LogP contribution in [0.2, 0.25) is 0 Å². The Balaban J connectivity index is 1.50. The van der Waals surface area contributed by atoms with Gasteiger partial charge in [0.05, 0.1) is 13.7 Å². The average molecular weight is 396 g/mol. The molecule has 0 unspecified atom stereocenters. The molecule has 1 amide bonds. The number of carbonyl (C=O) groups excluding carboxylic acids is 1. The van der Waals surface area contributed by atoms with E-state index in [0.29, 0.717) is 29.6 Å². The van der Waals surface area contributed by atoms with Crippen molar-refractivity contribution < 1.29 is 18.4 Å². The van der Waals surface area contributed by atoms with E-state index in [9.17, 15) is 9.18 Å². The molecule has 0 radical (unpaired) electrons. The highest BCUT2D eigenvalue weighted by atomic mass is 19.1. The van der Waals surface area contributed by atoms with E-state index in [-0.39, 0.29) is 17.9 Å². The normalized spacial score (nSPS) is 11.0. The quantitative estimate of drug-likeness (QED) is 0.533. The number of pyridine rings is 1. The van der Waals surface area contributed by atoms with Crippen LogP contribution in [0.3, 0.4) is 0 Å². The lowest BCUT2D eigenvalue weighted by Crippen LogP contribution is -2.24. The molecule has 1 N–H and O–H groups in total. The van der Waals surface area contributed by atoms with E-state index in [0.717, 1.165) is 11.6 Å². The van der Waals surface area contributed by atoms with Crippen molar-refractivity contribution in [3.8, 4) is 17.2 Å². The fourth-order valence-electron chi connectivity index (χ4n) is 2.78. The number of halogens is 1. The number of rotatable bonds is 6. The molecule has 3 heterocycles. The molecular weight excluding hydrogens is 379 g/mol. The first-order valence-electron chi connectivity index (χ1n) is 8.87. The summed E-state index contributed by atoms with van der Waals surface area (Å²) in [6.07, 6.45) is 2.44. The third-order valence-corrected chi connectivity index (χ3v) is 4.33. The molecule has 1 aromatic carbocycles. The minimum absolute atomic E-state index is 0.0770. The number of aromatic nitrogens is 5. The van der Waals surface area contributed by atoms with Crippen LogP contribution in [0.4, 0.5) is 4.39 Å². The van der Waals surface area contributed by atoms with E-state index in [2.05, 4.69) is 25.7 Å². The van der Waals surface area contributed by atoms with E-state index in [1.165, 1.54) is 19.2 Å². The number of nitrogens with one attached hydrogen (secondary N) is 1. The summed E-state index contributed by atoms with van der Waals surface area (Å²) in [6, 6.07) is 7.58. The second kappa shape index (κ2) is 7.66. The maximum absolute atomic E-state index is 13.8. The number of hydrogen-bond donors (Lipinski definition) is 1. The second-order valence-corrected chi connectivity index (χ2v) is 6.16. The van der Waals surface area contributed by atoms with Crippen LogP contribution in [0, 0.1) is 5.82 Å². The molecule has 0 saturated heterocycles. The van der Waals surface area contributed by atoms with Gasteiger partial charge in [-0.3, -0.25) is 9.20 Å². The van der Waals surface area contributed by atoms with Gasteiger partial charge in [-0.15, -0.1) is 10.2 Å². The molecule has 4 aromatic rings. The fraction of sp³-hybridized carbons (Fsp3) is 0.211. The minimum Gasteiger partial charge on any atom is -0.494 e. The number of ether oxygens (including phenoxy) is 1. The zero-order chi connectivity index (χ0) is 20.4. The summed E-state index contributed by atoms with van der Waals surface area (Å²) in [7, 11) is 1.36. The topological polar surface area (TPSA) is 107 Å². The number of benzene rings is 1. The van der Waals surface area contributed by atoms with Gasteiger partial charge in [-0.2, -0.15) is 4.98 Å². The van der Waals surface area contributed by atoms with E-state index in [1.807, 2.05) is 6.92 Å². The monoisotopic (exact) mass is 396 g/mol. The first kappa shape index (κ1) is 18.5. The minimum atomic E-state index is -0.604. The van der Waals surface area contributed by atoms with Crippen LogP contribution >= 0.6 is 0 Å². The zero-order valence-corrected chi connectivity index (χ0v) is 15.7. The Morgan fingerprint density at radius 3 is 2.86 bits per heavy atom. The summed E-state index contributed by atoms with van der Waals surface area (Å²) in [6.45, 7) is 2.06. The molecule has 0 fully saturated rings. The van der Waals surface area contributed by atoms with Gasteiger partial charge < -0.3 is 14.6 Å². The van der Waals surface area contributed by atoms with Gasteiger partial charge >= 0.3 is 0 Å². The highest BCUT2D eigenvalue weighted by molar-refractivity contribution is 5.94. The molecule has 4 rings (SSSR count). The molecule has 29 heavy (non-hydrogen) atoms. The van der Waals surface area contributed by atoms with Gasteiger partial charge in [0.1, 0.15) is 0 Å². The van der Waals surface area contributed by atoms with Crippen LogP contribution < -0.4 is 10.1 Å². The van der Waals surface area contributed by atoms with Crippen LogP contribution in [0.25, 0.3) is 17.1 Å². The van der Waals surface area contributed by atoms with Gasteiger partial charge in [0, 0.05) is 23.7 Å². The molecule has 0 aliphatic rings. The molecule has 0 aliphatic carbocycles. The van der Waals surface area contributed by atoms with Crippen molar-refractivity contribution in [1.29, 1.82) is 0 Å². The molecule has 0 atom stereocenters. The zero-order valence-electron chi connectivity index (χ0n) is 15.7. The Hall–Kier alpha value is -3.82. The molecular formula is C19H17FN6O3. The van der Waals surface area contributed by atoms with Gasteiger partial charge in [-0.1, -0.05) is 12.1 Å². The van der Waals surface area contributed by atoms with E-state index in [1.54, 1.807) is 22.7 Å². The summed E-state index contributed by atoms with van der Waals surface area (Å²) < 4.78 is 25.6. The molecule has 0 aliphatic heterocycles. The van der Waals surface area contributed by atoms with Crippen molar-refractivity contribution in [1.82, 2.24) is 30.1 Å². The number of aryl methyl sites for hydroxylation is 1. The fourth-order valence-corrected chi connectivity index (χ4v) is 2.78. The number of nitrogens with zero attached hydrogens (tertiary/aromatic N) is 5. The molecule has 148 valence electrons. The third-order valence-electron chi connectivity index (χ3n) is 4.33. The lowest BCUT2D eigenvalue weighted by molar-refractivity contribution is 0.0949. The standard InChI is InChI=1S/C19H17FN6O3/c1-3-15-22-19(29-25-15)12-6-7-26-16(9-12)23-24-17(26)10-21-18(27)11-4-5-14(28-2)13(20)8-11/h4-9H,3,10H2,1-2H3,(H,21,27). The highest BCUT2D eigenvalue weighted by Crippen LogP contribution is 2.20. The van der Waals surface area contributed by atoms with Gasteiger partial charge in [0.2, 0.25) is 0 Å². The van der Waals surface area contributed by atoms with E-state index < -0.39 is 11.7 Å². The Morgan fingerprint density at radius 2 is 2.14 bits per heavy atom. The van der Waals surface area contributed by atoms with Gasteiger partial charge in [0.25, 0.3) is 11.8 Å². The predicted octanol–water partition coefficient (Wildman–Crippen LogP) is 2.42. The Labute approximate surface area is 164 Å². The van der Waals surface area contributed by atoms with Crippen LogP contribution in [0.15, 0.2) is 41.1 Å². The van der Waals surface area contributed by atoms with Crippen LogP contribution in [0.1, 0.15) is 28.9 Å². The van der Waals surface area contributed by atoms with Gasteiger partial charge in [0.15, 0.2) is 28.9 Å². The maximum Gasteiger partial charge on any atom is 0.258 e. The smallest absolute Gasteiger partial charge is 0.258 e. The number of amides is 1. The van der Waals surface area contributed by atoms with Crippen molar-refractivity contribution >= 4 is 11.6 Å². The Kier molecular flexibility index (Phi) is 4.90. The molecule has 10 heteroatoms. The van der Waals surface area contributed by atoms with Crippen molar-refractivity contribution in [2.45, 2.75) is 19.9 Å². The number of carbonyl (C=O) groups is 1. The SMILES string of the molecule is CCc1noc(-c2ccn3c(CNC(=O)c4ccc(OC)c(F)c4)nnc3c2)n1. The number of fused-ring (bicyclic) bond motifs is 1. The van der Waals surface area contributed by atoms with Gasteiger partial charge in [-0.25, -0.2) is 4.39 Å². The van der Waals surface area contributed by atoms with Crippen molar-refractivity contribution in [3.63, 3.8) is 0 Å². The summed E-state index contributed by atoms with van der Waals surface area (Å²) >= 11 is 0. The molecule has 0 saturated carbocycles. The van der Waals surface area contributed by atoms with Gasteiger partial charge in [-0.05, 0) is 30.3 Å². The average Bonchev–Trinajstić information content (AvgIpc) is 3.38.